The van der Waals surface area contributed by atoms with Crippen LogP contribution in [0, 0.1) is 6.92 Å². The third-order valence-electron chi connectivity index (χ3n) is 3.56. The number of aryl methyl sites for hydroxylation is 1. The van der Waals surface area contributed by atoms with E-state index in [0.717, 1.165) is 29.9 Å². The predicted molar refractivity (Wildman–Crippen MR) is 93.0 cm³/mol. The molecule has 0 unspecified atom stereocenters. The Morgan fingerprint density at radius 3 is 2.62 bits per heavy atom. The molecule has 2 aromatic rings. The van der Waals surface area contributed by atoms with Gasteiger partial charge in [0, 0.05) is 5.33 Å². The molecule has 0 aliphatic rings. The zero-order valence-electron chi connectivity index (χ0n) is 12.8. The van der Waals surface area contributed by atoms with Crippen LogP contribution in [0.4, 0.5) is 0 Å². The summed E-state index contributed by atoms with van der Waals surface area (Å²) in [4.78, 5) is 0. The van der Waals surface area contributed by atoms with Crippen molar-refractivity contribution in [3.05, 3.63) is 35.9 Å². The lowest BCUT2D eigenvalue weighted by molar-refractivity contribution is 0.305. The second-order valence-corrected chi connectivity index (χ2v) is 5.90. The highest BCUT2D eigenvalue weighted by Crippen LogP contribution is 2.30. The third-order valence-corrected chi connectivity index (χ3v) is 4.12. The number of rotatable bonds is 8. The topological polar surface area (TPSA) is 18.5 Å². The lowest BCUT2D eigenvalue weighted by Crippen LogP contribution is -1.99. The van der Waals surface area contributed by atoms with Gasteiger partial charge in [-0.3, -0.25) is 0 Å². The fourth-order valence-electron chi connectivity index (χ4n) is 2.41. The predicted octanol–water partition coefficient (Wildman–Crippen LogP) is 5.49. The number of halogens is 1. The van der Waals surface area contributed by atoms with Crippen molar-refractivity contribution < 1.29 is 9.47 Å². The minimum atomic E-state index is 0.695. The van der Waals surface area contributed by atoms with Crippen molar-refractivity contribution in [1.82, 2.24) is 0 Å². The van der Waals surface area contributed by atoms with Crippen LogP contribution in [0.25, 0.3) is 10.8 Å². The van der Waals surface area contributed by atoms with E-state index >= 15 is 0 Å². The van der Waals surface area contributed by atoms with E-state index in [9.17, 15) is 0 Å². The number of hydrogen-bond acceptors (Lipinski definition) is 2. The van der Waals surface area contributed by atoms with Gasteiger partial charge in [-0.2, -0.15) is 0 Å². The summed E-state index contributed by atoms with van der Waals surface area (Å²) >= 11 is 3.45. The Labute approximate surface area is 135 Å². The van der Waals surface area contributed by atoms with E-state index in [1.165, 1.54) is 29.2 Å². The molecule has 0 aromatic heterocycles. The summed E-state index contributed by atoms with van der Waals surface area (Å²) in [6.45, 7) is 5.61. The minimum Gasteiger partial charge on any atom is -0.494 e. The maximum absolute atomic E-state index is 5.92. The number of hydrogen-bond donors (Lipinski definition) is 0. The molecule has 21 heavy (non-hydrogen) atoms. The molecule has 0 spiro atoms. The van der Waals surface area contributed by atoms with Crippen molar-refractivity contribution in [3.63, 3.8) is 0 Å². The molecule has 0 aliphatic carbocycles. The smallest absolute Gasteiger partial charge is 0.122 e. The maximum Gasteiger partial charge on any atom is 0.122 e. The molecule has 2 aromatic carbocycles. The van der Waals surface area contributed by atoms with Crippen molar-refractivity contribution in [3.8, 4) is 11.5 Å². The quantitative estimate of drug-likeness (QED) is 0.462. The fraction of sp³-hybridized carbons (Fsp3) is 0.444. The number of alkyl halides is 1. The SMILES string of the molecule is CCOc1ccc2c(C)c(OCCCCCBr)ccc2c1. The number of ether oxygens (including phenoxy) is 2. The van der Waals surface area contributed by atoms with E-state index in [2.05, 4.69) is 47.1 Å². The van der Waals surface area contributed by atoms with Crippen molar-refractivity contribution >= 4 is 26.7 Å². The Balaban J connectivity index is 2.08. The maximum atomic E-state index is 5.92. The van der Waals surface area contributed by atoms with E-state index in [1.807, 2.05) is 13.0 Å². The molecule has 114 valence electrons. The van der Waals surface area contributed by atoms with Gasteiger partial charge in [0.2, 0.25) is 0 Å². The van der Waals surface area contributed by atoms with Crippen LogP contribution in [0.3, 0.4) is 0 Å². The molecular formula is C18H23BrO2. The van der Waals surface area contributed by atoms with E-state index in [1.54, 1.807) is 0 Å². The molecule has 0 amide bonds. The van der Waals surface area contributed by atoms with Gasteiger partial charge in [0.05, 0.1) is 13.2 Å². The lowest BCUT2D eigenvalue weighted by atomic mass is 10.0. The normalized spacial score (nSPS) is 10.8. The van der Waals surface area contributed by atoms with Crippen LogP contribution in [0.1, 0.15) is 31.7 Å². The summed E-state index contributed by atoms with van der Waals surface area (Å²) < 4.78 is 11.5. The summed E-state index contributed by atoms with van der Waals surface area (Å²) in [6.07, 6.45) is 3.52. The zero-order chi connectivity index (χ0) is 15.1. The summed E-state index contributed by atoms with van der Waals surface area (Å²) in [5.74, 6) is 1.92. The van der Waals surface area contributed by atoms with Gasteiger partial charge in [-0.25, -0.2) is 0 Å². The first-order valence-corrected chi connectivity index (χ1v) is 8.73. The van der Waals surface area contributed by atoms with E-state index < -0.39 is 0 Å². The van der Waals surface area contributed by atoms with Gasteiger partial charge in [0.1, 0.15) is 11.5 Å². The molecule has 0 bridgehead atoms. The lowest BCUT2D eigenvalue weighted by Gasteiger charge is -2.12. The van der Waals surface area contributed by atoms with E-state index in [4.69, 9.17) is 9.47 Å². The van der Waals surface area contributed by atoms with E-state index in [-0.39, 0.29) is 0 Å². The standard InChI is InChI=1S/C18H23BrO2/c1-3-20-16-8-9-17-14(2)18(10-7-15(17)13-16)21-12-6-4-5-11-19/h7-10,13H,3-6,11-12H2,1-2H3. The molecule has 0 radical (unpaired) electrons. The highest BCUT2D eigenvalue weighted by atomic mass is 79.9. The zero-order valence-corrected chi connectivity index (χ0v) is 14.4. The van der Waals surface area contributed by atoms with Crippen molar-refractivity contribution in [1.29, 1.82) is 0 Å². The first-order chi connectivity index (χ1) is 10.3. The molecular weight excluding hydrogens is 328 g/mol. The minimum absolute atomic E-state index is 0.695. The van der Waals surface area contributed by atoms with Crippen molar-refractivity contribution in [2.24, 2.45) is 0 Å². The van der Waals surface area contributed by atoms with Crippen LogP contribution in [-0.4, -0.2) is 18.5 Å². The average Bonchev–Trinajstić information content (AvgIpc) is 2.49. The molecule has 0 saturated carbocycles. The summed E-state index contributed by atoms with van der Waals surface area (Å²) in [5.41, 5.74) is 1.20. The Hall–Kier alpha value is -1.22. The monoisotopic (exact) mass is 350 g/mol. The second-order valence-electron chi connectivity index (χ2n) is 5.10. The Morgan fingerprint density at radius 2 is 1.86 bits per heavy atom. The van der Waals surface area contributed by atoms with E-state index in [0.29, 0.717) is 6.61 Å². The highest BCUT2D eigenvalue weighted by Gasteiger charge is 2.06. The molecule has 0 N–H and O–H groups in total. The molecule has 0 heterocycles. The van der Waals surface area contributed by atoms with Gasteiger partial charge >= 0.3 is 0 Å². The average molecular weight is 351 g/mol. The summed E-state index contributed by atoms with van der Waals surface area (Å²) in [7, 11) is 0. The van der Waals surface area contributed by atoms with Crippen LogP contribution in [0.15, 0.2) is 30.3 Å². The highest BCUT2D eigenvalue weighted by molar-refractivity contribution is 9.09. The molecule has 2 rings (SSSR count). The number of benzene rings is 2. The van der Waals surface area contributed by atoms with Crippen LogP contribution >= 0.6 is 15.9 Å². The molecule has 2 nitrogen and oxygen atoms in total. The van der Waals surface area contributed by atoms with Gasteiger partial charge in [0.25, 0.3) is 0 Å². The number of unbranched alkanes of at least 4 members (excludes halogenated alkanes) is 2. The second kappa shape index (κ2) is 8.28. The van der Waals surface area contributed by atoms with Crippen LogP contribution in [-0.2, 0) is 0 Å². The molecule has 0 aliphatic heterocycles. The van der Waals surface area contributed by atoms with Crippen LogP contribution in [0.5, 0.6) is 11.5 Å². The third kappa shape index (κ3) is 4.37. The van der Waals surface area contributed by atoms with Gasteiger partial charge < -0.3 is 9.47 Å². The van der Waals surface area contributed by atoms with Gasteiger partial charge in [-0.1, -0.05) is 28.1 Å². The molecule has 0 fully saturated rings. The first kappa shape index (κ1) is 16.2. The van der Waals surface area contributed by atoms with Gasteiger partial charge in [0.15, 0.2) is 0 Å². The van der Waals surface area contributed by atoms with Crippen LogP contribution in [0.2, 0.25) is 0 Å². The summed E-state index contributed by atoms with van der Waals surface area (Å²) in [6, 6.07) is 10.4. The Kier molecular flexibility index (Phi) is 6.37. The molecule has 3 heteroatoms. The van der Waals surface area contributed by atoms with Gasteiger partial charge in [-0.15, -0.1) is 0 Å². The Bertz CT molecular complexity index is 581. The fourth-order valence-corrected chi connectivity index (χ4v) is 2.81. The Morgan fingerprint density at radius 1 is 1.00 bits per heavy atom. The van der Waals surface area contributed by atoms with Crippen molar-refractivity contribution in [2.45, 2.75) is 33.1 Å². The molecule has 0 saturated heterocycles. The summed E-state index contributed by atoms with van der Waals surface area (Å²) in [5, 5.41) is 3.51. The molecule has 0 atom stereocenters. The van der Waals surface area contributed by atoms with Crippen molar-refractivity contribution in [2.75, 3.05) is 18.5 Å². The van der Waals surface area contributed by atoms with Crippen LogP contribution < -0.4 is 9.47 Å². The van der Waals surface area contributed by atoms with Gasteiger partial charge in [-0.05, 0) is 67.6 Å². The largest absolute Gasteiger partial charge is 0.494 e. The number of fused-ring (bicyclic) bond motifs is 1. The first-order valence-electron chi connectivity index (χ1n) is 7.61.